The second-order valence-corrected chi connectivity index (χ2v) is 7.34. The molecule has 6 nitrogen and oxygen atoms in total. The number of nitrogens with one attached hydrogen (secondary N) is 2. The number of nitrogens with zero attached hydrogens (tertiary/aromatic N) is 2. The predicted octanol–water partition coefficient (Wildman–Crippen LogP) is 5.43. The van der Waals surface area contributed by atoms with Gasteiger partial charge in [0.05, 0.1) is 24.7 Å². The van der Waals surface area contributed by atoms with E-state index in [2.05, 4.69) is 15.7 Å². The molecule has 0 unspecified atom stereocenters. The van der Waals surface area contributed by atoms with Crippen molar-refractivity contribution in [1.29, 1.82) is 0 Å². The Hall–Kier alpha value is -4.01. The molecule has 0 saturated carbocycles. The molecule has 3 aromatic carbocycles. The van der Waals surface area contributed by atoms with E-state index in [1.165, 1.54) is 12.1 Å². The number of rotatable bonds is 6. The summed E-state index contributed by atoms with van der Waals surface area (Å²) in [6, 6.07) is 19.2. The highest BCUT2D eigenvalue weighted by Crippen LogP contribution is 2.29. The smallest absolute Gasteiger partial charge is 0.416 e. The van der Waals surface area contributed by atoms with Crippen molar-refractivity contribution in [2.45, 2.75) is 19.3 Å². The van der Waals surface area contributed by atoms with Crippen LogP contribution in [0.2, 0.25) is 0 Å². The number of amides is 2. The molecule has 0 atom stereocenters. The number of hydrogen-bond donors (Lipinski definition) is 2. The van der Waals surface area contributed by atoms with Crippen LogP contribution in [0.1, 0.15) is 16.7 Å². The number of hydrogen-bond acceptors (Lipinski definition) is 3. The maximum absolute atomic E-state index is 12.8. The first-order chi connectivity index (χ1) is 15.8. The van der Waals surface area contributed by atoms with Gasteiger partial charge in [-0.2, -0.15) is 18.3 Å². The fraction of sp³-hybridized carbons (Fsp3) is 0.167. The third-order valence-electron chi connectivity index (χ3n) is 5.14. The number of benzene rings is 3. The number of ether oxygens (including phenoxy) is 1. The second-order valence-electron chi connectivity index (χ2n) is 7.34. The Bertz CT molecular complexity index is 1270. The Labute approximate surface area is 188 Å². The molecule has 0 aliphatic heterocycles. The van der Waals surface area contributed by atoms with E-state index in [-0.39, 0.29) is 13.1 Å². The summed E-state index contributed by atoms with van der Waals surface area (Å²) in [5.74, 6) is 1.03. The minimum Gasteiger partial charge on any atom is -0.496 e. The third kappa shape index (κ3) is 5.08. The largest absolute Gasteiger partial charge is 0.496 e. The third-order valence-corrected chi connectivity index (χ3v) is 5.14. The van der Waals surface area contributed by atoms with Crippen molar-refractivity contribution in [1.82, 2.24) is 15.1 Å². The average molecular weight is 454 g/mol. The standard InChI is InChI=1S/C24H21F3N4O2/c1-33-21-9-5-2-6-17(21)14-28-23(32)29-22-19-7-3-4-8-20(19)31(30-22)15-16-10-12-18(13-11-16)24(25,26)27/h2-13H,14-15H2,1H3,(H2,28,29,30,32). The van der Waals surface area contributed by atoms with E-state index in [1.54, 1.807) is 11.8 Å². The number of carbonyl (C=O) groups excluding carboxylic acids is 1. The molecule has 0 spiro atoms. The van der Waals surface area contributed by atoms with E-state index in [0.717, 1.165) is 28.6 Å². The molecule has 0 saturated heterocycles. The highest BCUT2D eigenvalue weighted by molar-refractivity contribution is 5.99. The van der Waals surface area contributed by atoms with Gasteiger partial charge in [-0.3, -0.25) is 10.00 Å². The van der Waals surface area contributed by atoms with Gasteiger partial charge in [0.2, 0.25) is 0 Å². The summed E-state index contributed by atoms with van der Waals surface area (Å²) in [6.07, 6.45) is -4.38. The molecule has 1 heterocycles. The van der Waals surface area contributed by atoms with Gasteiger partial charge in [-0.05, 0) is 35.9 Å². The van der Waals surface area contributed by atoms with Crippen LogP contribution in [0.15, 0.2) is 72.8 Å². The van der Waals surface area contributed by atoms with Crippen molar-refractivity contribution in [3.63, 3.8) is 0 Å². The van der Waals surface area contributed by atoms with E-state index in [1.807, 2.05) is 48.5 Å². The zero-order valence-corrected chi connectivity index (χ0v) is 17.7. The van der Waals surface area contributed by atoms with Gasteiger partial charge < -0.3 is 10.1 Å². The van der Waals surface area contributed by atoms with Gasteiger partial charge in [0, 0.05) is 17.5 Å². The Morgan fingerprint density at radius 1 is 1.00 bits per heavy atom. The lowest BCUT2D eigenvalue weighted by Gasteiger charge is -2.10. The van der Waals surface area contributed by atoms with Crippen molar-refractivity contribution in [3.05, 3.63) is 89.5 Å². The number of alkyl halides is 3. The first kappa shape index (κ1) is 22.2. The Balaban J connectivity index is 1.50. The summed E-state index contributed by atoms with van der Waals surface area (Å²) < 4.78 is 45.4. The normalized spacial score (nSPS) is 11.4. The maximum atomic E-state index is 12.8. The van der Waals surface area contributed by atoms with Crippen LogP contribution in [0.25, 0.3) is 10.9 Å². The van der Waals surface area contributed by atoms with Gasteiger partial charge in [0.25, 0.3) is 0 Å². The molecule has 0 bridgehead atoms. The molecule has 2 amide bonds. The van der Waals surface area contributed by atoms with E-state index in [9.17, 15) is 18.0 Å². The van der Waals surface area contributed by atoms with Crippen LogP contribution in [-0.2, 0) is 19.3 Å². The van der Waals surface area contributed by atoms with E-state index < -0.39 is 17.8 Å². The summed E-state index contributed by atoms with van der Waals surface area (Å²) in [5, 5.41) is 10.7. The average Bonchev–Trinajstić information content (AvgIpc) is 3.14. The van der Waals surface area contributed by atoms with Crippen LogP contribution in [0.3, 0.4) is 0 Å². The van der Waals surface area contributed by atoms with Crippen LogP contribution in [0.5, 0.6) is 5.75 Å². The Morgan fingerprint density at radius 2 is 1.70 bits per heavy atom. The van der Waals surface area contributed by atoms with Gasteiger partial charge in [0.15, 0.2) is 5.82 Å². The van der Waals surface area contributed by atoms with E-state index in [4.69, 9.17) is 4.74 Å². The fourth-order valence-corrected chi connectivity index (χ4v) is 3.49. The molecule has 0 aliphatic rings. The minimum absolute atomic E-state index is 0.253. The number of carbonyl (C=O) groups is 1. The Kier molecular flexibility index (Phi) is 6.21. The van der Waals surface area contributed by atoms with Gasteiger partial charge in [0.1, 0.15) is 5.75 Å². The lowest BCUT2D eigenvalue weighted by molar-refractivity contribution is -0.137. The molecule has 4 aromatic rings. The number of anilines is 1. The van der Waals surface area contributed by atoms with E-state index in [0.29, 0.717) is 17.1 Å². The molecular weight excluding hydrogens is 433 g/mol. The van der Waals surface area contributed by atoms with Crippen molar-refractivity contribution in [2.75, 3.05) is 12.4 Å². The Morgan fingerprint density at radius 3 is 2.42 bits per heavy atom. The van der Waals surface area contributed by atoms with Gasteiger partial charge >= 0.3 is 12.2 Å². The first-order valence-electron chi connectivity index (χ1n) is 10.1. The second kappa shape index (κ2) is 9.23. The first-order valence-corrected chi connectivity index (χ1v) is 10.1. The van der Waals surface area contributed by atoms with E-state index >= 15 is 0 Å². The topological polar surface area (TPSA) is 68.2 Å². The molecule has 0 aliphatic carbocycles. The van der Waals surface area contributed by atoms with Crippen LogP contribution >= 0.6 is 0 Å². The summed E-state index contributed by atoms with van der Waals surface area (Å²) in [6.45, 7) is 0.517. The number of urea groups is 1. The number of aromatic nitrogens is 2. The fourth-order valence-electron chi connectivity index (χ4n) is 3.49. The predicted molar refractivity (Wildman–Crippen MR) is 119 cm³/mol. The van der Waals surface area contributed by atoms with Crippen molar-refractivity contribution < 1.29 is 22.7 Å². The van der Waals surface area contributed by atoms with Gasteiger partial charge in [-0.25, -0.2) is 4.79 Å². The summed E-state index contributed by atoms with van der Waals surface area (Å²) in [7, 11) is 1.56. The quantitative estimate of drug-likeness (QED) is 0.408. The lowest BCUT2D eigenvalue weighted by Crippen LogP contribution is -2.28. The molecular formula is C24H21F3N4O2. The minimum atomic E-state index is -4.38. The molecule has 4 rings (SSSR count). The maximum Gasteiger partial charge on any atom is 0.416 e. The zero-order chi connectivity index (χ0) is 23.4. The lowest BCUT2D eigenvalue weighted by atomic mass is 10.1. The highest BCUT2D eigenvalue weighted by atomic mass is 19.4. The molecule has 1 aromatic heterocycles. The van der Waals surface area contributed by atoms with Crippen molar-refractivity contribution >= 4 is 22.8 Å². The van der Waals surface area contributed by atoms with Crippen LogP contribution in [-0.4, -0.2) is 22.9 Å². The van der Waals surface area contributed by atoms with Crippen LogP contribution in [0, 0.1) is 0 Å². The SMILES string of the molecule is COc1ccccc1CNC(=O)Nc1nn(Cc2ccc(C(F)(F)F)cc2)c2ccccc12. The van der Waals surface area contributed by atoms with Crippen molar-refractivity contribution in [2.24, 2.45) is 0 Å². The van der Waals surface area contributed by atoms with Crippen molar-refractivity contribution in [3.8, 4) is 5.75 Å². The highest BCUT2D eigenvalue weighted by Gasteiger charge is 2.30. The molecule has 33 heavy (non-hydrogen) atoms. The molecule has 0 radical (unpaired) electrons. The number of para-hydroxylation sites is 2. The molecule has 170 valence electrons. The number of fused-ring (bicyclic) bond motifs is 1. The number of halogens is 3. The van der Waals surface area contributed by atoms with Gasteiger partial charge in [-0.15, -0.1) is 0 Å². The summed E-state index contributed by atoms with van der Waals surface area (Å²) >= 11 is 0. The molecule has 0 fully saturated rings. The summed E-state index contributed by atoms with van der Waals surface area (Å²) in [4.78, 5) is 12.5. The summed E-state index contributed by atoms with van der Waals surface area (Å²) in [5.41, 5.74) is 1.53. The van der Waals surface area contributed by atoms with Gasteiger partial charge in [-0.1, -0.05) is 42.5 Å². The number of methoxy groups -OCH3 is 1. The molecule has 2 N–H and O–H groups in total. The van der Waals surface area contributed by atoms with Crippen LogP contribution < -0.4 is 15.4 Å². The monoisotopic (exact) mass is 454 g/mol. The zero-order valence-electron chi connectivity index (χ0n) is 17.7. The molecule has 9 heteroatoms. The van der Waals surface area contributed by atoms with Crippen LogP contribution in [0.4, 0.5) is 23.8 Å².